The maximum absolute atomic E-state index is 12.4. The molecule has 2 rings (SSSR count). The fourth-order valence-corrected chi connectivity index (χ4v) is 1.60. The van der Waals surface area contributed by atoms with Crippen LogP contribution in [0.3, 0.4) is 0 Å². The van der Waals surface area contributed by atoms with Crippen LogP contribution in [0.15, 0.2) is 24.3 Å². The van der Waals surface area contributed by atoms with Gasteiger partial charge in [0.1, 0.15) is 0 Å². The zero-order chi connectivity index (χ0) is 13.3. The average molecular weight is 260 g/mol. The number of urea groups is 1. The second-order valence-electron chi connectivity index (χ2n) is 4.07. The summed E-state index contributed by atoms with van der Waals surface area (Å²) in [6, 6.07) is 3.89. The molecule has 0 unspecified atom stereocenters. The normalized spacial score (nSPS) is 16.3. The number of β-amino-alcohol motifs (C(OH)–C–C–N with tert-alkyl or cyclic N) is 1. The van der Waals surface area contributed by atoms with E-state index in [-0.39, 0.29) is 18.8 Å². The summed E-state index contributed by atoms with van der Waals surface area (Å²) in [5.41, 5.74) is -0.736. The molecule has 98 valence electrons. The molecule has 0 atom stereocenters. The monoisotopic (exact) mass is 260 g/mol. The molecule has 1 aromatic rings. The van der Waals surface area contributed by atoms with E-state index >= 15 is 0 Å². The summed E-state index contributed by atoms with van der Waals surface area (Å²) in [6.45, 7) is 0.398. The number of aliphatic hydroxyl groups is 1. The van der Waals surface area contributed by atoms with Crippen LogP contribution in [0.1, 0.15) is 5.56 Å². The Kier molecular flexibility index (Phi) is 3.16. The van der Waals surface area contributed by atoms with Crippen LogP contribution >= 0.6 is 0 Å². The van der Waals surface area contributed by atoms with Gasteiger partial charge < -0.3 is 15.3 Å². The smallest absolute Gasteiger partial charge is 0.389 e. The summed E-state index contributed by atoms with van der Waals surface area (Å²) in [4.78, 5) is 12.8. The van der Waals surface area contributed by atoms with Crippen LogP contribution in [0, 0.1) is 0 Å². The lowest BCUT2D eigenvalue weighted by Gasteiger charge is -2.35. The van der Waals surface area contributed by atoms with E-state index in [9.17, 15) is 18.0 Å². The van der Waals surface area contributed by atoms with Crippen molar-refractivity contribution < 1.29 is 23.1 Å². The van der Waals surface area contributed by atoms with Crippen LogP contribution in [0.25, 0.3) is 0 Å². The molecule has 0 aromatic heterocycles. The Balaban J connectivity index is 2.03. The molecule has 1 aromatic carbocycles. The zero-order valence-electron chi connectivity index (χ0n) is 9.24. The third-order valence-electron chi connectivity index (χ3n) is 2.59. The van der Waals surface area contributed by atoms with E-state index in [2.05, 4.69) is 5.32 Å². The third-order valence-corrected chi connectivity index (χ3v) is 2.59. The minimum Gasteiger partial charge on any atom is -0.389 e. The van der Waals surface area contributed by atoms with Gasteiger partial charge in [-0.3, -0.25) is 0 Å². The van der Waals surface area contributed by atoms with Gasteiger partial charge in [0, 0.05) is 5.69 Å². The van der Waals surface area contributed by atoms with Gasteiger partial charge in [-0.25, -0.2) is 4.79 Å². The Morgan fingerprint density at radius 1 is 1.39 bits per heavy atom. The highest BCUT2D eigenvalue weighted by atomic mass is 19.4. The molecule has 1 fully saturated rings. The summed E-state index contributed by atoms with van der Waals surface area (Å²) < 4.78 is 37.3. The number of amides is 2. The summed E-state index contributed by atoms with van der Waals surface area (Å²) in [7, 11) is 0. The van der Waals surface area contributed by atoms with Crippen LogP contribution in [0.4, 0.5) is 23.7 Å². The topological polar surface area (TPSA) is 52.6 Å². The van der Waals surface area contributed by atoms with E-state index in [4.69, 9.17) is 5.11 Å². The summed E-state index contributed by atoms with van der Waals surface area (Å²) in [6.07, 6.45) is -4.98. The molecule has 1 saturated heterocycles. The number of halogens is 3. The van der Waals surface area contributed by atoms with Gasteiger partial charge in [-0.15, -0.1) is 0 Å². The van der Waals surface area contributed by atoms with E-state index in [0.29, 0.717) is 0 Å². The average Bonchev–Trinajstić information content (AvgIpc) is 2.24. The summed E-state index contributed by atoms with van der Waals surface area (Å²) in [5, 5.41) is 11.4. The molecule has 1 aliphatic rings. The van der Waals surface area contributed by atoms with Crippen molar-refractivity contribution in [2.75, 3.05) is 18.4 Å². The summed E-state index contributed by atoms with van der Waals surface area (Å²) >= 11 is 0. The Hall–Kier alpha value is -1.76. The molecule has 18 heavy (non-hydrogen) atoms. The lowest BCUT2D eigenvalue weighted by molar-refractivity contribution is -0.137. The molecule has 0 spiro atoms. The molecule has 1 heterocycles. The highest BCUT2D eigenvalue weighted by Crippen LogP contribution is 2.30. The molecule has 2 amide bonds. The predicted molar refractivity (Wildman–Crippen MR) is 58.0 cm³/mol. The minimum absolute atomic E-state index is 0.0798. The first-order valence-corrected chi connectivity index (χ1v) is 5.27. The largest absolute Gasteiger partial charge is 0.416 e. The number of nitrogens with one attached hydrogen (secondary N) is 1. The molecule has 2 N–H and O–H groups in total. The van der Waals surface area contributed by atoms with E-state index in [0.717, 1.165) is 12.1 Å². The first-order valence-electron chi connectivity index (χ1n) is 5.27. The molecule has 1 aliphatic heterocycles. The van der Waals surface area contributed by atoms with Gasteiger partial charge in [-0.1, -0.05) is 6.07 Å². The Bertz CT molecular complexity index is 456. The lowest BCUT2D eigenvalue weighted by Crippen LogP contribution is -2.54. The van der Waals surface area contributed by atoms with Gasteiger partial charge in [0.2, 0.25) is 0 Å². The number of hydrogen-bond donors (Lipinski definition) is 2. The van der Waals surface area contributed by atoms with Gasteiger partial charge in [0.25, 0.3) is 0 Å². The molecule has 0 aliphatic carbocycles. The zero-order valence-corrected chi connectivity index (χ0v) is 9.24. The van der Waals surface area contributed by atoms with Crippen molar-refractivity contribution in [3.05, 3.63) is 29.8 Å². The number of carbonyl (C=O) groups is 1. The minimum atomic E-state index is -4.44. The third kappa shape index (κ3) is 2.73. The Morgan fingerprint density at radius 3 is 2.61 bits per heavy atom. The number of alkyl halides is 3. The van der Waals surface area contributed by atoms with Gasteiger partial charge in [-0.2, -0.15) is 13.2 Å². The van der Waals surface area contributed by atoms with Gasteiger partial charge >= 0.3 is 12.2 Å². The van der Waals surface area contributed by atoms with Crippen molar-refractivity contribution >= 4 is 11.7 Å². The maximum atomic E-state index is 12.4. The number of nitrogens with zero attached hydrogens (tertiary/aromatic N) is 1. The number of carbonyl (C=O) groups excluding carboxylic acids is 1. The number of rotatable bonds is 1. The van der Waals surface area contributed by atoms with Crippen molar-refractivity contribution in [3.63, 3.8) is 0 Å². The number of aliphatic hydroxyl groups excluding tert-OH is 1. The van der Waals surface area contributed by atoms with E-state index in [1.54, 1.807) is 0 Å². The first-order chi connectivity index (χ1) is 8.36. The molecule has 4 nitrogen and oxygen atoms in total. The van der Waals surface area contributed by atoms with Crippen LogP contribution in [-0.4, -0.2) is 35.2 Å². The second kappa shape index (κ2) is 4.49. The van der Waals surface area contributed by atoms with E-state index in [1.165, 1.54) is 17.0 Å². The number of anilines is 1. The van der Waals surface area contributed by atoms with Crippen LogP contribution in [-0.2, 0) is 6.18 Å². The van der Waals surface area contributed by atoms with Gasteiger partial charge in [0.15, 0.2) is 0 Å². The maximum Gasteiger partial charge on any atom is 0.416 e. The molecule has 7 heteroatoms. The van der Waals surface area contributed by atoms with Crippen molar-refractivity contribution in [1.29, 1.82) is 0 Å². The van der Waals surface area contributed by atoms with Crippen LogP contribution in [0.5, 0.6) is 0 Å². The predicted octanol–water partition coefficient (Wildman–Crippen LogP) is 1.91. The molecular formula is C11H11F3N2O2. The second-order valence-corrected chi connectivity index (χ2v) is 4.07. The fraction of sp³-hybridized carbons (Fsp3) is 0.364. The Labute approximate surface area is 101 Å². The molecule has 0 radical (unpaired) electrons. The number of likely N-dealkylation sites (tertiary alicyclic amines) is 1. The number of hydrogen-bond acceptors (Lipinski definition) is 2. The van der Waals surface area contributed by atoms with Gasteiger partial charge in [-0.05, 0) is 18.2 Å². The highest BCUT2D eigenvalue weighted by molar-refractivity contribution is 5.90. The molecular weight excluding hydrogens is 249 g/mol. The fourth-order valence-electron chi connectivity index (χ4n) is 1.60. The number of benzene rings is 1. The lowest BCUT2D eigenvalue weighted by atomic mass is 10.2. The SMILES string of the molecule is O=C(Nc1cccc(C(F)(F)F)c1)N1CC(O)C1. The van der Waals surface area contributed by atoms with Crippen LogP contribution in [0.2, 0.25) is 0 Å². The highest BCUT2D eigenvalue weighted by Gasteiger charge is 2.31. The first kappa shape index (κ1) is 12.7. The van der Waals surface area contributed by atoms with E-state index in [1.807, 2.05) is 0 Å². The van der Waals surface area contributed by atoms with Gasteiger partial charge in [0.05, 0.1) is 24.8 Å². The van der Waals surface area contributed by atoms with E-state index < -0.39 is 23.9 Å². The van der Waals surface area contributed by atoms with Crippen molar-refractivity contribution in [3.8, 4) is 0 Å². The standard InChI is InChI=1S/C11H11F3N2O2/c12-11(13,14)7-2-1-3-8(4-7)15-10(18)16-5-9(17)6-16/h1-4,9,17H,5-6H2,(H,15,18). The van der Waals surface area contributed by atoms with Crippen LogP contribution < -0.4 is 5.32 Å². The van der Waals surface area contributed by atoms with Crippen molar-refractivity contribution in [1.82, 2.24) is 4.90 Å². The Morgan fingerprint density at radius 2 is 2.06 bits per heavy atom. The van der Waals surface area contributed by atoms with Crippen molar-refractivity contribution in [2.24, 2.45) is 0 Å². The molecule has 0 saturated carbocycles. The van der Waals surface area contributed by atoms with Crippen molar-refractivity contribution in [2.45, 2.75) is 12.3 Å². The molecule has 0 bridgehead atoms. The summed E-state index contributed by atoms with van der Waals surface area (Å²) in [5.74, 6) is 0. The quantitative estimate of drug-likeness (QED) is 0.810.